The van der Waals surface area contributed by atoms with Crippen molar-refractivity contribution in [3.63, 3.8) is 0 Å². The quantitative estimate of drug-likeness (QED) is 0.121. The Hall–Kier alpha value is -12.2. The summed E-state index contributed by atoms with van der Waals surface area (Å²) in [5.41, 5.74) is 28.3. The topological polar surface area (TPSA) is 13.0 Å². The van der Waals surface area contributed by atoms with E-state index in [1.54, 1.807) is 0 Å². The van der Waals surface area contributed by atoms with Crippen LogP contribution in [0.2, 0.25) is 0 Å². The molecule has 2 atom stereocenters. The molecule has 0 amide bonds. The number of hydrogen-bond donors (Lipinski definition) is 0. The minimum absolute atomic E-state index is 0.0769. The monoisotopic (exact) mass is 1400 g/mol. The van der Waals surface area contributed by atoms with Crippen molar-refractivity contribution in [2.45, 2.75) is 103 Å². The van der Waals surface area contributed by atoms with Crippen molar-refractivity contribution < 1.29 is 0 Å². The Balaban J connectivity index is 0.770. The molecule has 109 heavy (non-hydrogen) atoms. The van der Waals surface area contributed by atoms with E-state index in [1.165, 1.54) is 177 Å². The number of piperidine rings is 1. The predicted molar refractivity (Wildman–Crippen MR) is 460 cm³/mol. The molecule has 14 aromatic rings. The Morgan fingerprint density at radius 1 is 0.349 bits per heavy atom. The van der Waals surface area contributed by atoms with Crippen LogP contribution in [0, 0.1) is 5.41 Å². The average molecular weight is 1400 g/mol. The molecule has 0 radical (unpaired) electrons. The SMILES string of the molecule is CC1(C)C2=CC(c3ccc(N(C4=CC=CCC4)c4ccc5ccccc5c4)c4ccccc34)CC3=C2N2C4=C(CC(c5ccc(N(c6ccccc6)c6ccc7ccccc7c6)c6ccccc56)C=C41)C(C)(C)c1cc(C4=c5ccccc5=C(N(c5ccccc5)c5ccc6ccccc6c5)CC4)cc(c12)C3(C)C. The number of allylic oxidation sites excluding steroid dienone is 10. The highest BCUT2D eigenvalue weighted by molar-refractivity contribution is 6.04. The van der Waals surface area contributed by atoms with Gasteiger partial charge in [0.2, 0.25) is 0 Å². The van der Waals surface area contributed by atoms with Gasteiger partial charge < -0.3 is 19.6 Å². The van der Waals surface area contributed by atoms with Crippen LogP contribution in [0.4, 0.5) is 45.5 Å². The van der Waals surface area contributed by atoms with E-state index in [2.05, 4.69) is 389 Å². The lowest BCUT2D eigenvalue weighted by Gasteiger charge is -2.60. The minimum atomic E-state index is -0.383. The van der Waals surface area contributed by atoms with Gasteiger partial charge in [-0.25, -0.2) is 0 Å². The summed E-state index contributed by atoms with van der Waals surface area (Å²) in [5.74, 6) is 0.163. The van der Waals surface area contributed by atoms with Crippen LogP contribution < -0.4 is 30.0 Å². The first-order chi connectivity index (χ1) is 53.3. The van der Waals surface area contributed by atoms with E-state index >= 15 is 0 Å². The number of hydrogen-bond acceptors (Lipinski definition) is 4. The summed E-state index contributed by atoms with van der Waals surface area (Å²) >= 11 is 0. The van der Waals surface area contributed by atoms with E-state index in [9.17, 15) is 0 Å². The lowest BCUT2D eigenvalue weighted by atomic mass is 9.54. The Morgan fingerprint density at radius 2 is 0.780 bits per heavy atom. The maximum Gasteiger partial charge on any atom is 0.0543 e. The second-order valence-electron chi connectivity index (χ2n) is 32.9. The van der Waals surface area contributed by atoms with Crippen LogP contribution in [0.1, 0.15) is 120 Å². The zero-order chi connectivity index (χ0) is 73.0. The molecule has 4 nitrogen and oxygen atoms in total. The fraction of sp³-hybridized carbons (Fsp3) is 0.162. The Kier molecular flexibility index (Phi) is 14.9. The molecule has 4 aliphatic carbocycles. The zero-order valence-corrected chi connectivity index (χ0v) is 62.9. The molecule has 14 aromatic carbocycles. The summed E-state index contributed by atoms with van der Waals surface area (Å²) < 4.78 is 0. The number of benzene rings is 14. The first kappa shape index (κ1) is 65.1. The lowest BCUT2D eigenvalue weighted by Crippen LogP contribution is -2.51. The van der Waals surface area contributed by atoms with Crippen molar-refractivity contribution >= 4 is 111 Å². The standard InChI is InChI=1S/C105H86N4/c1-103(2)91-61-73(82-52-55-97(88-43-25-22-40-85(82)88)106(76-34-10-7-11-35-76)79-49-46-67-28-16-19-31-70(67)58-79)63-93-100(91)109-101-92(103)62-74(83-53-56-98(89-44-26-23-41-86(83)89)107(77-36-12-8-13-37-77)80-50-47-68-29-17-20-32-71(68)59-80)64-94(101)105(5,6)96-66-75(65-95(102(96)109)104(93,3)4)84-54-57-99(90-45-27-24-42-87(84)90)108(78-38-14-9-15-39-78)81-51-48-69-30-18-21-33-72(69)60-81/h7-14,16-38,40-52,54-55,57-60,62-65,73,75H,15,39,53,56,61,66H2,1-6H3. The summed E-state index contributed by atoms with van der Waals surface area (Å²) in [6.07, 6.45) is 18.0. The molecule has 3 heterocycles. The molecule has 3 aliphatic heterocycles. The van der Waals surface area contributed by atoms with Crippen LogP contribution in [0.25, 0.3) is 65.1 Å². The largest absolute Gasteiger partial charge is 0.314 e. The lowest BCUT2D eigenvalue weighted by molar-refractivity contribution is 0.445. The first-order valence-electron chi connectivity index (χ1n) is 39.4. The molecule has 0 bridgehead atoms. The molecule has 21 rings (SSSR count). The van der Waals surface area contributed by atoms with Crippen LogP contribution in [0.5, 0.6) is 0 Å². The predicted octanol–water partition coefficient (Wildman–Crippen LogP) is 26.4. The molecular formula is C105H86N4. The molecule has 1 saturated heterocycles. The zero-order valence-electron chi connectivity index (χ0n) is 62.9. The fourth-order valence-electron chi connectivity index (χ4n) is 20.4. The molecule has 1 fully saturated rings. The van der Waals surface area contributed by atoms with E-state index in [4.69, 9.17) is 0 Å². The van der Waals surface area contributed by atoms with Crippen molar-refractivity contribution in [2.24, 2.45) is 5.41 Å². The third-order valence-electron chi connectivity index (χ3n) is 25.9. The van der Waals surface area contributed by atoms with Gasteiger partial charge in [0.15, 0.2) is 0 Å². The van der Waals surface area contributed by atoms with Crippen LogP contribution in [-0.2, 0) is 10.8 Å². The highest BCUT2D eigenvalue weighted by atomic mass is 15.2. The van der Waals surface area contributed by atoms with E-state index in [0.29, 0.717) is 0 Å². The van der Waals surface area contributed by atoms with E-state index in [1.807, 2.05) is 0 Å². The second-order valence-corrected chi connectivity index (χ2v) is 32.9. The smallest absolute Gasteiger partial charge is 0.0543 e. The van der Waals surface area contributed by atoms with Crippen molar-refractivity contribution in [3.8, 4) is 0 Å². The van der Waals surface area contributed by atoms with Crippen LogP contribution in [0.3, 0.4) is 0 Å². The van der Waals surface area contributed by atoms with Crippen molar-refractivity contribution in [2.75, 3.05) is 19.6 Å². The van der Waals surface area contributed by atoms with Gasteiger partial charge in [0.1, 0.15) is 0 Å². The third-order valence-corrected chi connectivity index (χ3v) is 25.9. The maximum absolute atomic E-state index is 2.87. The fourth-order valence-corrected chi connectivity index (χ4v) is 20.4. The van der Waals surface area contributed by atoms with E-state index in [-0.39, 0.29) is 28.1 Å². The van der Waals surface area contributed by atoms with Crippen molar-refractivity contribution in [1.29, 1.82) is 0 Å². The van der Waals surface area contributed by atoms with Gasteiger partial charge in [-0.15, -0.1) is 0 Å². The summed E-state index contributed by atoms with van der Waals surface area (Å²) in [4.78, 5) is 10.5. The Bertz CT molecular complexity index is 6550. The van der Waals surface area contributed by atoms with Gasteiger partial charge in [0.05, 0.1) is 28.5 Å². The van der Waals surface area contributed by atoms with Crippen LogP contribution in [0.15, 0.2) is 367 Å². The van der Waals surface area contributed by atoms with Crippen LogP contribution in [-0.4, -0.2) is 0 Å². The van der Waals surface area contributed by atoms with Gasteiger partial charge >= 0.3 is 0 Å². The number of fused-ring (bicyclic) bond motifs is 6. The highest BCUT2D eigenvalue weighted by Gasteiger charge is 2.57. The molecule has 2 unspecified atom stereocenters. The van der Waals surface area contributed by atoms with Gasteiger partial charge in [-0.1, -0.05) is 278 Å². The van der Waals surface area contributed by atoms with E-state index in [0.717, 1.165) is 49.9 Å². The summed E-state index contributed by atoms with van der Waals surface area (Å²) in [7, 11) is 0. The summed E-state index contributed by atoms with van der Waals surface area (Å²) in [6, 6.07) is 113. The van der Waals surface area contributed by atoms with Crippen LogP contribution >= 0.6 is 0 Å². The molecule has 0 saturated carbocycles. The van der Waals surface area contributed by atoms with Gasteiger partial charge in [-0.3, -0.25) is 0 Å². The Morgan fingerprint density at radius 3 is 1.28 bits per heavy atom. The third kappa shape index (κ3) is 10.2. The molecule has 526 valence electrons. The molecule has 0 N–H and O–H groups in total. The number of anilines is 8. The molecule has 7 aliphatic rings. The normalized spacial score (nSPS) is 18.4. The van der Waals surface area contributed by atoms with Gasteiger partial charge in [-0.05, 0) is 234 Å². The molecule has 0 spiro atoms. The van der Waals surface area contributed by atoms with Gasteiger partial charge in [-0.2, -0.15) is 0 Å². The summed E-state index contributed by atoms with van der Waals surface area (Å²) in [5, 5.41) is 15.2. The minimum Gasteiger partial charge on any atom is -0.314 e. The van der Waals surface area contributed by atoms with Crippen molar-refractivity contribution in [1.82, 2.24) is 0 Å². The van der Waals surface area contributed by atoms with Gasteiger partial charge in [0, 0.05) is 83.9 Å². The molecule has 4 heteroatoms. The average Bonchev–Trinajstić information content (AvgIpc) is 0.660. The Labute approximate surface area is 639 Å². The van der Waals surface area contributed by atoms with E-state index < -0.39 is 0 Å². The molecular weight excluding hydrogens is 1320 g/mol. The number of nitrogens with zero attached hydrogens (tertiary/aromatic N) is 4. The van der Waals surface area contributed by atoms with Gasteiger partial charge in [0.25, 0.3) is 0 Å². The number of para-hydroxylation sites is 2. The highest BCUT2D eigenvalue weighted by Crippen LogP contribution is 2.69. The van der Waals surface area contributed by atoms with Crippen molar-refractivity contribution in [3.05, 3.63) is 405 Å². The second kappa shape index (κ2) is 24.9. The maximum atomic E-state index is 2.87. The summed E-state index contributed by atoms with van der Waals surface area (Å²) in [6.45, 7) is 15.5. The molecule has 0 aromatic heterocycles. The first-order valence-corrected chi connectivity index (χ1v) is 39.4. The number of rotatable bonds is 12.